The third-order valence-corrected chi connectivity index (χ3v) is 4.47. The quantitative estimate of drug-likeness (QED) is 0.632. The van der Waals surface area contributed by atoms with Crippen molar-refractivity contribution in [3.8, 4) is 0 Å². The molecule has 4 nitrogen and oxygen atoms in total. The van der Waals surface area contributed by atoms with Crippen LogP contribution in [0.5, 0.6) is 0 Å². The highest BCUT2D eigenvalue weighted by molar-refractivity contribution is 7.98. The molecule has 1 heterocycles. The van der Waals surface area contributed by atoms with Gasteiger partial charge in [-0.2, -0.15) is 0 Å². The van der Waals surface area contributed by atoms with Crippen molar-refractivity contribution in [1.29, 1.82) is 0 Å². The molecule has 0 saturated carbocycles. The van der Waals surface area contributed by atoms with Crippen LogP contribution in [0, 0.1) is 5.92 Å². The summed E-state index contributed by atoms with van der Waals surface area (Å²) in [6.07, 6.45) is 3.32. The molecule has 23 heavy (non-hydrogen) atoms. The first-order chi connectivity index (χ1) is 11.0. The van der Waals surface area contributed by atoms with Gasteiger partial charge in [0.05, 0.1) is 11.2 Å². The second-order valence-corrected chi connectivity index (χ2v) is 6.71. The SMILES string of the molecule is CSc1ncc(Cl)c(C(=O)NC[C@@H](c2ccccc2)C(C)C)n1. The lowest BCUT2D eigenvalue weighted by Gasteiger charge is -2.22. The summed E-state index contributed by atoms with van der Waals surface area (Å²) < 4.78 is 0. The average molecular weight is 350 g/mol. The Bertz CT molecular complexity index is 664. The van der Waals surface area contributed by atoms with Gasteiger partial charge in [0.15, 0.2) is 10.9 Å². The van der Waals surface area contributed by atoms with Gasteiger partial charge in [0.2, 0.25) is 0 Å². The maximum Gasteiger partial charge on any atom is 0.271 e. The Balaban J connectivity index is 2.11. The van der Waals surface area contributed by atoms with E-state index in [-0.39, 0.29) is 22.5 Å². The van der Waals surface area contributed by atoms with E-state index in [0.717, 1.165) is 0 Å². The third kappa shape index (κ3) is 4.69. The molecule has 122 valence electrons. The molecule has 0 unspecified atom stereocenters. The van der Waals surface area contributed by atoms with E-state index < -0.39 is 0 Å². The van der Waals surface area contributed by atoms with Gasteiger partial charge in [-0.25, -0.2) is 9.97 Å². The molecule has 0 aliphatic heterocycles. The number of amides is 1. The van der Waals surface area contributed by atoms with Crippen molar-refractivity contribution in [2.45, 2.75) is 24.9 Å². The van der Waals surface area contributed by atoms with Crippen molar-refractivity contribution >= 4 is 29.3 Å². The van der Waals surface area contributed by atoms with Gasteiger partial charge in [0.1, 0.15) is 0 Å². The van der Waals surface area contributed by atoms with E-state index in [1.54, 1.807) is 0 Å². The second-order valence-electron chi connectivity index (χ2n) is 5.52. The van der Waals surface area contributed by atoms with Gasteiger partial charge in [-0.3, -0.25) is 4.79 Å². The number of thioether (sulfide) groups is 1. The molecule has 0 radical (unpaired) electrons. The van der Waals surface area contributed by atoms with Crippen LogP contribution in [0.1, 0.15) is 35.8 Å². The fourth-order valence-electron chi connectivity index (χ4n) is 2.33. The molecule has 1 aromatic carbocycles. The highest BCUT2D eigenvalue weighted by atomic mass is 35.5. The number of rotatable bonds is 6. The summed E-state index contributed by atoms with van der Waals surface area (Å²) in [6.45, 7) is 4.83. The van der Waals surface area contributed by atoms with Crippen LogP contribution < -0.4 is 5.32 Å². The second kappa shape index (κ2) is 8.31. The molecule has 1 N–H and O–H groups in total. The largest absolute Gasteiger partial charge is 0.350 e. The predicted molar refractivity (Wildman–Crippen MR) is 95.2 cm³/mol. The summed E-state index contributed by atoms with van der Waals surface area (Å²) in [5.41, 5.74) is 1.43. The molecule has 1 aromatic heterocycles. The Morgan fingerprint density at radius 1 is 1.30 bits per heavy atom. The van der Waals surface area contributed by atoms with Crippen LogP contribution in [0.2, 0.25) is 5.02 Å². The standard InChI is InChI=1S/C17H20ClN3OS/c1-11(2)13(12-7-5-4-6-8-12)9-19-16(22)15-14(18)10-20-17(21-15)23-3/h4-8,10-11,13H,9H2,1-3H3,(H,19,22)/t13-/m1/s1. The highest BCUT2D eigenvalue weighted by Crippen LogP contribution is 2.24. The number of hydrogen-bond acceptors (Lipinski definition) is 4. The number of carbonyl (C=O) groups is 1. The molecule has 1 amide bonds. The van der Waals surface area contributed by atoms with E-state index in [0.29, 0.717) is 17.6 Å². The third-order valence-electron chi connectivity index (χ3n) is 3.63. The number of nitrogens with one attached hydrogen (secondary N) is 1. The zero-order chi connectivity index (χ0) is 16.8. The fourth-order valence-corrected chi connectivity index (χ4v) is 2.85. The maximum atomic E-state index is 12.4. The van der Waals surface area contributed by atoms with Gasteiger partial charge in [0, 0.05) is 12.5 Å². The van der Waals surface area contributed by atoms with Crippen molar-refractivity contribution < 1.29 is 4.79 Å². The van der Waals surface area contributed by atoms with Crippen molar-refractivity contribution in [2.24, 2.45) is 5.92 Å². The zero-order valence-electron chi connectivity index (χ0n) is 13.4. The van der Waals surface area contributed by atoms with E-state index in [1.807, 2.05) is 24.5 Å². The molecular formula is C17H20ClN3OS. The highest BCUT2D eigenvalue weighted by Gasteiger charge is 2.19. The summed E-state index contributed by atoms with van der Waals surface area (Å²) in [7, 11) is 0. The summed E-state index contributed by atoms with van der Waals surface area (Å²) in [6, 6.07) is 10.2. The monoisotopic (exact) mass is 349 g/mol. The fraction of sp³-hybridized carbons (Fsp3) is 0.353. The van der Waals surface area contributed by atoms with Crippen LogP contribution >= 0.6 is 23.4 Å². The Kier molecular flexibility index (Phi) is 6.42. The molecule has 2 rings (SSSR count). The molecule has 0 bridgehead atoms. The summed E-state index contributed by atoms with van der Waals surface area (Å²) in [4.78, 5) is 20.6. The molecule has 0 saturated heterocycles. The number of nitrogens with zero attached hydrogens (tertiary/aromatic N) is 2. The number of halogens is 1. The first-order valence-electron chi connectivity index (χ1n) is 7.42. The molecule has 0 aliphatic rings. The van der Waals surface area contributed by atoms with Gasteiger partial charge in [-0.15, -0.1) is 0 Å². The van der Waals surface area contributed by atoms with E-state index >= 15 is 0 Å². The summed E-state index contributed by atoms with van der Waals surface area (Å²) in [5, 5.41) is 3.74. The minimum absolute atomic E-state index is 0.224. The van der Waals surface area contributed by atoms with Gasteiger partial charge in [-0.05, 0) is 17.7 Å². The van der Waals surface area contributed by atoms with Gasteiger partial charge < -0.3 is 5.32 Å². The first kappa shape index (κ1) is 17.8. The Morgan fingerprint density at radius 3 is 2.61 bits per heavy atom. The minimum atomic E-state index is -0.269. The molecule has 6 heteroatoms. The molecular weight excluding hydrogens is 330 g/mol. The van der Waals surface area contributed by atoms with Crippen LogP contribution in [0.3, 0.4) is 0 Å². The van der Waals surface area contributed by atoms with Gasteiger partial charge in [0.25, 0.3) is 5.91 Å². The van der Waals surface area contributed by atoms with E-state index in [1.165, 1.54) is 23.5 Å². The van der Waals surface area contributed by atoms with Gasteiger partial charge >= 0.3 is 0 Å². The molecule has 0 spiro atoms. The Labute approximate surface area is 146 Å². The lowest BCUT2D eigenvalue weighted by atomic mass is 9.88. The lowest BCUT2D eigenvalue weighted by molar-refractivity contribution is 0.0943. The molecule has 1 atom stereocenters. The Hall–Kier alpha value is -1.59. The van der Waals surface area contributed by atoms with Crippen LogP contribution in [-0.4, -0.2) is 28.7 Å². The van der Waals surface area contributed by atoms with Crippen molar-refractivity contribution in [1.82, 2.24) is 15.3 Å². The van der Waals surface area contributed by atoms with Crippen LogP contribution in [-0.2, 0) is 0 Å². The number of aromatic nitrogens is 2. The predicted octanol–water partition coefficient (Wildman–Crippen LogP) is 4.02. The molecule has 0 fully saturated rings. The number of hydrogen-bond donors (Lipinski definition) is 1. The average Bonchev–Trinajstić information content (AvgIpc) is 2.56. The van der Waals surface area contributed by atoms with Crippen LogP contribution in [0.15, 0.2) is 41.7 Å². The normalized spacial score (nSPS) is 12.2. The molecule has 0 aliphatic carbocycles. The maximum absolute atomic E-state index is 12.4. The van der Waals surface area contributed by atoms with Crippen molar-refractivity contribution in [3.63, 3.8) is 0 Å². The topological polar surface area (TPSA) is 54.9 Å². The van der Waals surface area contributed by atoms with Crippen molar-refractivity contribution in [2.75, 3.05) is 12.8 Å². The zero-order valence-corrected chi connectivity index (χ0v) is 15.0. The number of carbonyl (C=O) groups excluding carboxylic acids is 1. The van der Waals surface area contributed by atoms with Crippen LogP contribution in [0.4, 0.5) is 0 Å². The van der Waals surface area contributed by atoms with Crippen molar-refractivity contribution in [3.05, 3.63) is 52.8 Å². The first-order valence-corrected chi connectivity index (χ1v) is 9.03. The smallest absolute Gasteiger partial charge is 0.271 e. The van der Waals surface area contributed by atoms with E-state index in [2.05, 4.69) is 41.3 Å². The summed E-state index contributed by atoms with van der Waals surface area (Å²) >= 11 is 7.42. The van der Waals surface area contributed by atoms with E-state index in [4.69, 9.17) is 11.6 Å². The number of benzene rings is 1. The van der Waals surface area contributed by atoms with Gasteiger partial charge in [-0.1, -0.05) is 67.5 Å². The summed E-state index contributed by atoms with van der Waals surface area (Å²) in [5.74, 6) is 0.371. The molecule has 2 aromatic rings. The minimum Gasteiger partial charge on any atom is -0.350 e. The van der Waals surface area contributed by atoms with Crippen LogP contribution in [0.25, 0.3) is 0 Å². The Morgan fingerprint density at radius 2 is 2.00 bits per heavy atom. The lowest BCUT2D eigenvalue weighted by Crippen LogP contribution is -2.31. The van der Waals surface area contributed by atoms with E-state index in [9.17, 15) is 4.79 Å².